The fraction of sp³-hybridized carbons (Fsp3) is 0.407. The Hall–Kier alpha value is -2.99. The largest absolute Gasteiger partial charge is 0.367 e. The lowest BCUT2D eigenvalue weighted by Gasteiger charge is -2.37. The molecular formula is C27H29ClN4O2. The quantitative estimate of drug-likeness (QED) is 0.492. The molecule has 34 heavy (non-hydrogen) atoms. The molecule has 7 heteroatoms. The summed E-state index contributed by atoms with van der Waals surface area (Å²) >= 11 is 0. The molecule has 0 bridgehead atoms. The molecular weight excluding hydrogens is 448 g/mol. The number of anilines is 1. The van der Waals surface area contributed by atoms with Crippen molar-refractivity contribution in [2.45, 2.75) is 64.0 Å². The van der Waals surface area contributed by atoms with Gasteiger partial charge in [0.05, 0.1) is 12.1 Å². The molecule has 3 aliphatic rings. The van der Waals surface area contributed by atoms with Crippen molar-refractivity contribution in [3.63, 3.8) is 0 Å². The number of likely N-dealkylation sites (tertiary alicyclic amines) is 1. The van der Waals surface area contributed by atoms with Crippen LogP contribution in [0.3, 0.4) is 0 Å². The van der Waals surface area contributed by atoms with Gasteiger partial charge in [-0.05, 0) is 66.0 Å². The van der Waals surface area contributed by atoms with E-state index in [2.05, 4.69) is 39.6 Å². The number of amides is 2. The molecule has 0 radical (unpaired) electrons. The maximum absolute atomic E-state index is 12.9. The van der Waals surface area contributed by atoms with Gasteiger partial charge < -0.3 is 5.32 Å². The van der Waals surface area contributed by atoms with Crippen molar-refractivity contribution >= 4 is 40.9 Å². The number of rotatable bonds is 5. The molecule has 1 N–H and O–H groups in total. The van der Waals surface area contributed by atoms with Gasteiger partial charge in [0.15, 0.2) is 0 Å². The summed E-state index contributed by atoms with van der Waals surface area (Å²) in [5.41, 5.74) is 3.95. The summed E-state index contributed by atoms with van der Waals surface area (Å²) in [6.45, 7) is 0.340. The van der Waals surface area contributed by atoms with E-state index in [1.165, 1.54) is 17.7 Å². The topological polar surface area (TPSA) is 75.2 Å². The first kappa shape index (κ1) is 22.8. The minimum absolute atomic E-state index is 0. The van der Waals surface area contributed by atoms with E-state index < -0.39 is 0 Å². The Bertz CT molecular complexity index is 1230. The van der Waals surface area contributed by atoms with E-state index in [1.54, 1.807) is 6.33 Å². The maximum atomic E-state index is 12.9. The first-order valence-corrected chi connectivity index (χ1v) is 12.0. The summed E-state index contributed by atoms with van der Waals surface area (Å²) in [7, 11) is 0. The van der Waals surface area contributed by atoms with Crippen molar-refractivity contribution in [1.82, 2.24) is 14.9 Å². The molecule has 0 unspecified atom stereocenters. The fourth-order valence-corrected chi connectivity index (χ4v) is 5.49. The minimum atomic E-state index is -0.0636. The molecule has 2 saturated carbocycles. The van der Waals surface area contributed by atoms with E-state index in [0.29, 0.717) is 25.4 Å². The van der Waals surface area contributed by atoms with Crippen molar-refractivity contribution in [3.8, 4) is 11.1 Å². The SMILES string of the molecule is Cl.O=C1CC2(CCCC2)CC(=O)N1Cc1cccc(-c2ccc3ncnc(NC4CC4)c3c2)c1. The Morgan fingerprint density at radius 2 is 1.68 bits per heavy atom. The highest BCUT2D eigenvalue weighted by atomic mass is 35.5. The Morgan fingerprint density at radius 3 is 2.41 bits per heavy atom. The Balaban J connectivity index is 0.00000241. The fourth-order valence-electron chi connectivity index (χ4n) is 5.49. The van der Waals surface area contributed by atoms with Gasteiger partial charge in [0.2, 0.25) is 11.8 Å². The number of benzene rings is 2. The molecule has 1 saturated heterocycles. The van der Waals surface area contributed by atoms with Crippen LogP contribution < -0.4 is 5.32 Å². The number of hydrogen-bond acceptors (Lipinski definition) is 5. The number of hydrogen-bond donors (Lipinski definition) is 1. The second-order valence-corrected chi connectivity index (χ2v) is 10.0. The Morgan fingerprint density at radius 1 is 0.941 bits per heavy atom. The van der Waals surface area contributed by atoms with Gasteiger partial charge in [-0.3, -0.25) is 14.5 Å². The Labute approximate surface area is 205 Å². The molecule has 1 aliphatic heterocycles. The lowest BCUT2D eigenvalue weighted by atomic mass is 9.76. The lowest BCUT2D eigenvalue weighted by Crippen LogP contribution is -2.46. The van der Waals surface area contributed by atoms with Crippen LogP contribution in [0.15, 0.2) is 48.8 Å². The molecule has 2 amide bonds. The number of carbonyl (C=O) groups is 2. The molecule has 0 atom stereocenters. The second-order valence-electron chi connectivity index (χ2n) is 10.0. The van der Waals surface area contributed by atoms with E-state index in [4.69, 9.17) is 0 Å². The lowest BCUT2D eigenvalue weighted by molar-refractivity contribution is -0.154. The molecule has 3 aromatic rings. The molecule has 6 nitrogen and oxygen atoms in total. The third kappa shape index (κ3) is 4.39. The van der Waals surface area contributed by atoms with Gasteiger partial charge in [0, 0.05) is 24.3 Å². The molecule has 6 rings (SSSR count). The third-order valence-electron chi connectivity index (χ3n) is 7.47. The summed E-state index contributed by atoms with van der Waals surface area (Å²) in [6.07, 6.45) is 9.29. The zero-order chi connectivity index (χ0) is 22.4. The van der Waals surface area contributed by atoms with Crippen LogP contribution in [-0.2, 0) is 16.1 Å². The maximum Gasteiger partial charge on any atom is 0.230 e. The predicted molar refractivity (Wildman–Crippen MR) is 135 cm³/mol. The van der Waals surface area contributed by atoms with Gasteiger partial charge in [0.25, 0.3) is 0 Å². The molecule has 2 aliphatic carbocycles. The Kier molecular flexibility index (Phi) is 6.02. The van der Waals surface area contributed by atoms with Crippen LogP contribution in [0.5, 0.6) is 0 Å². The van der Waals surface area contributed by atoms with Crippen LogP contribution in [0, 0.1) is 5.41 Å². The van der Waals surface area contributed by atoms with Crippen LogP contribution >= 0.6 is 12.4 Å². The highest BCUT2D eigenvalue weighted by Crippen LogP contribution is 2.47. The van der Waals surface area contributed by atoms with Gasteiger partial charge in [-0.15, -0.1) is 12.4 Å². The first-order chi connectivity index (χ1) is 16.1. The molecule has 2 heterocycles. The van der Waals surface area contributed by atoms with Crippen molar-refractivity contribution in [3.05, 3.63) is 54.4 Å². The summed E-state index contributed by atoms with van der Waals surface area (Å²) in [5.74, 6) is 0.847. The van der Waals surface area contributed by atoms with Crippen LogP contribution in [0.1, 0.15) is 56.9 Å². The summed E-state index contributed by atoms with van der Waals surface area (Å²) in [4.78, 5) is 36.1. The van der Waals surface area contributed by atoms with E-state index in [1.807, 2.05) is 18.2 Å². The minimum Gasteiger partial charge on any atom is -0.367 e. The summed E-state index contributed by atoms with van der Waals surface area (Å²) < 4.78 is 0. The highest BCUT2D eigenvalue weighted by Gasteiger charge is 2.44. The van der Waals surface area contributed by atoms with E-state index in [0.717, 1.165) is 59.1 Å². The predicted octanol–water partition coefficient (Wildman–Crippen LogP) is 5.50. The van der Waals surface area contributed by atoms with Crippen molar-refractivity contribution in [1.29, 1.82) is 0 Å². The van der Waals surface area contributed by atoms with Crippen LogP contribution in [0.4, 0.5) is 5.82 Å². The molecule has 2 aromatic carbocycles. The average molecular weight is 477 g/mol. The standard InChI is InChI=1S/C27H28N4O2.ClH/c32-24-14-27(10-1-2-11-27)15-25(33)31(24)16-18-4-3-5-19(12-18)20-6-9-23-22(13-20)26(29-17-28-23)30-21-7-8-21;/h3-6,9,12-13,17,21H,1-2,7-8,10-11,14-16H2,(H,28,29,30);1H. The van der Waals surface area contributed by atoms with Crippen LogP contribution in [0.2, 0.25) is 0 Å². The first-order valence-electron chi connectivity index (χ1n) is 12.0. The van der Waals surface area contributed by atoms with Crippen LogP contribution in [0.25, 0.3) is 22.0 Å². The van der Waals surface area contributed by atoms with Gasteiger partial charge in [-0.1, -0.05) is 37.1 Å². The van der Waals surface area contributed by atoms with Crippen LogP contribution in [-0.4, -0.2) is 32.7 Å². The summed E-state index contributed by atoms with van der Waals surface area (Å²) in [5, 5.41) is 4.51. The molecule has 1 spiro atoms. The van der Waals surface area contributed by atoms with Gasteiger partial charge in [0.1, 0.15) is 12.1 Å². The van der Waals surface area contributed by atoms with E-state index >= 15 is 0 Å². The van der Waals surface area contributed by atoms with Crippen molar-refractivity contribution < 1.29 is 9.59 Å². The monoisotopic (exact) mass is 476 g/mol. The molecule has 1 aromatic heterocycles. The number of nitrogens with one attached hydrogen (secondary N) is 1. The van der Waals surface area contributed by atoms with Crippen molar-refractivity contribution in [2.75, 3.05) is 5.32 Å². The number of fused-ring (bicyclic) bond motifs is 1. The van der Waals surface area contributed by atoms with E-state index in [-0.39, 0.29) is 29.6 Å². The second kappa shape index (κ2) is 8.99. The van der Waals surface area contributed by atoms with Gasteiger partial charge in [-0.25, -0.2) is 9.97 Å². The smallest absolute Gasteiger partial charge is 0.230 e. The number of piperidine rings is 1. The summed E-state index contributed by atoms with van der Waals surface area (Å²) in [6, 6.07) is 14.9. The van der Waals surface area contributed by atoms with Gasteiger partial charge >= 0.3 is 0 Å². The normalized spacial score (nSPS) is 19.5. The number of halogens is 1. The highest BCUT2D eigenvalue weighted by molar-refractivity contribution is 5.98. The van der Waals surface area contributed by atoms with E-state index in [9.17, 15) is 9.59 Å². The zero-order valence-corrected chi connectivity index (χ0v) is 19.9. The number of aromatic nitrogens is 2. The van der Waals surface area contributed by atoms with Gasteiger partial charge in [-0.2, -0.15) is 0 Å². The number of carbonyl (C=O) groups excluding carboxylic acids is 2. The average Bonchev–Trinajstić information content (AvgIpc) is 3.53. The zero-order valence-electron chi connectivity index (χ0n) is 19.1. The number of nitrogens with zero attached hydrogens (tertiary/aromatic N) is 3. The number of imide groups is 1. The molecule has 176 valence electrons. The molecule has 3 fully saturated rings. The van der Waals surface area contributed by atoms with Crippen molar-refractivity contribution in [2.24, 2.45) is 5.41 Å². The third-order valence-corrected chi connectivity index (χ3v) is 7.47.